The van der Waals surface area contributed by atoms with E-state index < -0.39 is 11.9 Å². The molecule has 6 nitrogen and oxygen atoms in total. The molecule has 0 unspecified atom stereocenters. The fraction of sp³-hybridized carbons (Fsp3) is 0.765. The number of benzene rings is 1. The minimum atomic E-state index is -0.420. The van der Waals surface area contributed by atoms with Gasteiger partial charge < -0.3 is 9.47 Å². The van der Waals surface area contributed by atoms with Crippen molar-refractivity contribution in [3.8, 4) is 0 Å². The highest BCUT2D eigenvalue weighted by Crippen LogP contribution is 2.12. The summed E-state index contributed by atoms with van der Waals surface area (Å²) in [6.07, 6.45) is 23.3. The van der Waals surface area contributed by atoms with Gasteiger partial charge in [-0.05, 0) is 45.1 Å². The number of ether oxygens (including phenoxy) is 2. The van der Waals surface area contributed by atoms with Crippen molar-refractivity contribution >= 4 is 11.9 Å². The summed E-state index contributed by atoms with van der Waals surface area (Å²) < 4.78 is 11.0. The summed E-state index contributed by atoms with van der Waals surface area (Å²) in [6, 6.07) is 6.61. The third-order valence-corrected chi connectivity index (χ3v) is 7.45. The standard InChI is InChI=1S/C34H60N2O4/c1-5-7-9-11-13-15-17-19-21-26-35(3)29-39-33(37)31-24-23-25-32(28-31)34(38)40-30-36(4)27-22-20-18-16-14-12-10-8-6-2/h23-25,28H,5-22,26-27,29-30H2,1-4H3. The molecule has 0 atom stereocenters. The maximum Gasteiger partial charge on any atom is 0.339 e. The number of esters is 2. The Morgan fingerprint density at radius 1 is 0.550 bits per heavy atom. The van der Waals surface area contributed by atoms with Gasteiger partial charge in [-0.25, -0.2) is 9.59 Å². The quantitative estimate of drug-likeness (QED) is 0.0641. The molecule has 0 N–H and O–H groups in total. The van der Waals surface area contributed by atoms with Crippen molar-refractivity contribution in [1.82, 2.24) is 9.80 Å². The average molecular weight is 561 g/mol. The van der Waals surface area contributed by atoms with Gasteiger partial charge in [-0.15, -0.1) is 0 Å². The summed E-state index contributed by atoms with van der Waals surface area (Å²) in [5, 5.41) is 0. The topological polar surface area (TPSA) is 59.1 Å². The van der Waals surface area contributed by atoms with Crippen molar-refractivity contribution in [2.24, 2.45) is 0 Å². The summed E-state index contributed by atoms with van der Waals surface area (Å²) in [5.41, 5.74) is 0.739. The fourth-order valence-corrected chi connectivity index (χ4v) is 4.79. The lowest BCUT2D eigenvalue weighted by molar-refractivity contribution is 0.0268. The molecule has 0 heterocycles. The molecule has 0 aliphatic carbocycles. The number of hydrogen-bond acceptors (Lipinski definition) is 6. The van der Waals surface area contributed by atoms with Crippen LogP contribution in [0.15, 0.2) is 24.3 Å². The largest absolute Gasteiger partial charge is 0.446 e. The molecule has 1 rings (SSSR count). The SMILES string of the molecule is CCCCCCCCCCCN(C)COC(=O)c1cccc(C(=O)OCN(C)CCCCCCCCCCC)c1. The van der Waals surface area contributed by atoms with Crippen LogP contribution in [0.4, 0.5) is 0 Å². The highest BCUT2D eigenvalue weighted by Gasteiger charge is 2.14. The van der Waals surface area contributed by atoms with E-state index in [0.29, 0.717) is 11.1 Å². The lowest BCUT2D eigenvalue weighted by Gasteiger charge is -2.17. The van der Waals surface area contributed by atoms with Crippen LogP contribution in [-0.4, -0.2) is 62.4 Å². The second-order valence-electron chi connectivity index (χ2n) is 11.5. The van der Waals surface area contributed by atoms with Gasteiger partial charge in [0.15, 0.2) is 0 Å². The van der Waals surface area contributed by atoms with Crippen LogP contribution in [0.1, 0.15) is 150 Å². The summed E-state index contributed by atoms with van der Waals surface area (Å²) in [6.45, 7) is 6.80. The van der Waals surface area contributed by atoms with Crippen LogP contribution in [-0.2, 0) is 9.47 Å². The van der Waals surface area contributed by atoms with E-state index in [1.807, 2.05) is 23.9 Å². The molecule has 1 aromatic carbocycles. The van der Waals surface area contributed by atoms with Crippen molar-refractivity contribution in [2.45, 2.75) is 129 Å². The Hall–Kier alpha value is -1.92. The third-order valence-electron chi connectivity index (χ3n) is 7.45. The third kappa shape index (κ3) is 19.2. The minimum absolute atomic E-state index is 0.244. The van der Waals surface area contributed by atoms with Gasteiger partial charge >= 0.3 is 11.9 Å². The fourth-order valence-electron chi connectivity index (χ4n) is 4.79. The number of rotatable bonds is 26. The van der Waals surface area contributed by atoms with E-state index in [0.717, 1.165) is 25.9 Å². The van der Waals surface area contributed by atoms with Gasteiger partial charge in [-0.1, -0.05) is 123 Å². The molecule has 0 aliphatic heterocycles. The van der Waals surface area contributed by atoms with E-state index in [-0.39, 0.29) is 13.5 Å². The zero-order valence-electron chi connectivity index (χ0n) is 26.4. The monoisotopic (exact) mass is 560 g/mol. The molecule has 0 amide bonds. The number of carbonyl (C=O) groups excluding carboxylic acids is 2. The number of carbonyl (C=O) groups is 2. The van der Waals surface area contributed by atoms with Gasteiger partial charge in [0.05, 0.1) is 11.1 Å². The Bertz CT molecular complexity index is 711. The van der Waals surface area contributed by atoms with Crippen molar-refractivity contribution in [2.75, 3.05) is 40.6 Å². The molecule has 0 aliphatic rings. The van der Waals surface area contributed by atoms with E-state index >= 15 is 0 Å². The molecule has 0 aromatic heterocycles. The predicted molar refractivity (Wildman–Crippen MR) is 167 cm³/mol. The molecule has 0 fully saturated rings. The molecule has 0 bridgehead atoms. The van der Waals surface area contributed by atoms with Crippen LogP contribution in [0.2, 0.25) is 0 Å². The maximum atomic E-state index is 12.6. The van der Waals surface area contributed by atoms with Gasteiger partial charge in [0.2, 0.25) is 0 Å². The van der Waals surface area contributed by atoms with Crippen molar-refractivity contribution in [1.29, 1.82) is 0 Å². The van der Waals surface area contributed by atoms with E-state index in [2.05, 4.69) is 13.8 Å². The Balaban J connectivity index is 2.20. The first kappa shape index (κ1) is 36.1. The summed E-state index contributed by atoms with van der Waals surface area (Å²) in [5.74, 6) is -0.841. The van der Waals surface area contributed by atoms with Crippen LogP contribution in [0.25, 0.3) is 0 Å². The first-order chi connectivity index (χ1) is 19.5. The molecule has 1 aromatic rings. The Kier molecular flexibility index (Phi) is 22.4. The van der Waals surface area contributed by atoms with E-state index in [9.17, 15) is 9.59 Å². The van der Waals surface area contributed by atoms with Crippen LogP contribution in [0.5, 0.6) is 0 Å². The van der Waals surface area contributed by atoms with Crippen LogP contribution < -0.4 is 0 Å². The highest BCUT2D eigenvalue weighted by atomic mass is 16.5. The average Bonchev–Trinajstić information content (AvgIpc) is 2.97. The van der Waals surface area contributed by atoms with Gasteiger partial charge in [-0.3, -0.25) is 9.80 Å². The summed E-state index contributed by atoms with van der Waals surface area (Å²) in [4.78, 5) is 29.2. The van der Waals surface area contributed by atoms with Crippen molar-refractivity contribution in [3.05, 3.63) is 35.4 Å². The van der Waals surface area contributed by atoms with Crippen molar-refractivity contribution < 1.29 is 19.1 Å². The normalized spacial score (nSPS) is 11.3. The second kappa shape index (κ2) is 24.8. The zero-order valence-corrected chi connectivity index (χ0v) is 26.4. The molecular formula is C34H60N2O4. The second-order valence-corrected chi connectivity index (χ2v) is 11.5. The lowest BCUT2D eigenvalue weighted by Crippen LogP contribution is -2.25. The van der Waals surface area contributed by atoms with Gasteiger partial charge in [0.25, 0.3) is 0 Å². The van der Waals surface area contributed by atoms with Gasteiger partial charge in [0.1, 0.15) is 13.5 Å². The molecule has 0 spiro atoms. The molecule has 6 heteroatoms. The molecule has 40 heavy (non-hydrogen) atoms. The Labute approximate surface area is 246 Å². The molecular weight excluding hydrogens is 500 g/mol. The first-order valence-electron chi connectivity index (χ1n) is 16.3. The number of unbranched alkanes of at least 4 members (excludes halogenated alkanes) is 16. The van der Waals surface area contributed by atoms with E-state index in [1.54, 1.807) is 24.3 Å². The number of hydrogen-bond donors (Lipinski definition) is 0. The highest BCUT2D eigenvalue weighted by molar-refractivity contribution is 5.95. The molecule has 230 valence electrons. The van der Waals surface area contributed by atoms with Gasteiger partial charge in [0, 0.05) is 13.1 Å². The van der Waals surface area contributed by atoms with E-state index in [4.69, 9.17) is 9.47 Å². The van der Waals surface area contributed by atoms with Gasteiger partial charge in [-0.2, -0.15) is 0 Å². The maximum absolute atomic E-state index is 12.6. The Morgan fingerprint density at radius 2 is 0.875 bits per heavy atom. The molecule has 0 saturated carbocycles. The predicted octanol–water partition coefficient (Wildman–Crippen LogP) is 8.84. The van der Waals surface area contributed by atoms with Crippen molar-refractivity contribution in [3.63, 3.8) is 0 Å². The summed E-state index contributed by atoms with van der Waals surface area (Å²) in [7, 11) is 3.94. The lowest BCUT2D eigenvalue weighted by atomic mass is 10.1. The Morgan fingerprint density at radius 3 is 1.23 bits per heavy atom. The van der Waals surface area contributed by atoms with Crippen LogP contribution in [0.3, 0.4) is 0 Å². The van der Waals surface area contributed by atoms with Crippen LogP contribution >= 0.6 is 0 Å². The zero-order chi connectivity index (χ0) is 29.3. The minimum Gasteiger partial charge on any atom is -0.446 e. The van der Waals surface area contributed by atoms with Crippen LogP contribution in [0, 0.1) is 0 Å². The van der Waals surface area contributed by atoms with E-state index in [1.165, 1.54) is 103 Å². The smallest absolute Gasteiger partial charge is 0.339 e. The first-order valence-corrected chi connectivity index (χ1v) is 16.3. The summed E-state index contributed by atoms with van der Waals surface area (Å²) >= 11 is 0. The molecule has 0 saturated heterocycles. The number of nitrogens with zero attached hydrogens (tertiary/aromatic N) is 2. The molecule has 0 radical (unpaired) electrons.